The molecule has 0 fully saturated rings. The topological polar surface area (TPSA) is 24.9 Å². The highest BCUT2D eigenvalue weighted by atomic mass is 35.5. The van der Waals surface area contributed by atoms with Crippen molar-refractivity contribution in [3.05, 3.63) is 34.7 Å². The van der Waals surface area contributed by atoms with Gasteiger partial charge in [0.1, 0.15) is 5.82 Å². The summed E-state index contributed by atoms with van der Waals surface area (Å²) < 4.78 is 13.9. The Kier molecular flexibility index (Phi) is 3.71. The predicted molar refractivity (Wildman–Crippen MR) is 74.8 cm³/mol. The van der Waals surface area contributed by atoms with Crippen LogP contribution in [0, 0.1) is 11.7 Å². The molecule has 96 valence electrons. The van der Waals surface area contributed by atoms with Gasteiger partial charge in [-0.1, -0.05) is 25.4 Å². The highest BCUT2D eigenvalue weighted by Gasteiger charge is 2.13. The second kappa shape index (κ2) is 5.11. The van der Waals surface area contributed by atoms with Gasteiger partial charge in [-0.15, -0.1) is 0 Å². The van der Waals surface area contributed by atoms with E-state index < -0.39 is 0 Å². The quantitative estimate of drug-likeness (QED) is 0.897. The molecule has 1 aromatic heterocycles. The number of halogens is 2. The van der Waals surface area contributed by atoms with Gasteiger partial charge in [0.15, 0.2) is 0 Å². The fourth-order valence-electron chi connectivity index (χ4n) is 2.04. The molecule has 0 amide bonds. The first kappa shape index (κ1) is 13.1. The number of fused-ring (bicyclic) bond motifs is 1. The number of nitrogens with zero attached hydrogens (tertiary/aromatic N) is 1. The zero-order chi connectivity index (χ0) is 13.3. The van der Waals surface area contributed by atoms with Crippen LogP contribution in [0.1, 0.15) is 19.5 Å². The number of pyridine rings is 1. The lowest BCUT2D eigenvalue weighted by molar-refractivity contribution is 0.634. The molecule has 0 unspecified atom stereocenters. The largest absolute Gasteiger partial charge is 0.387 e. The predicted octanol–water partition coefficient (Wildman–Crippen LogP) is 4.27. The summed E-state index contributed by atoms with van der Waals surface area (Å²) in [5.74, 6) is 0.189. The SMILES string of the molecule is CNc1cc(CC(C)C)nc2c(Cl)ccc(F)c12. The zero-order valence-corrected chi connectivity index (χ0v) is 11.5. The van der Waals surface area contributed by atoms with E-state index in [4.69, 9.17) is 11.6 Å². The molecule has 0 saturated heterocycles. The van der Waals surface area contributed by atoms with Crippen molar-refractivity contribution in [3.63, 3.8) is 0 Å². The molecule has 0 saturated carbocycles. The van der Waals surface area contributed by atoms with E-state index in [0.29, 0.717) is 21.8 Å². The lowest BCUT2D eigenvalue weighted by atomic mass is 10.1. The summed E-state index contributed by atoms with van der Waals surface area (Å²) >= 11 is 6.11. The van der Waals surface area contributed by atoms with Crippen LogP contribution in [0.25, 0.3) is 10.9 Å². The summed E-state index contributed by atoms with van der Waals surface area (Å²) in [6.07, 6.45) is 0.845. The number of hydrogen-bond acceptors (Lipinski definition) is 2. The van der Waals surface area contributed by atoms with Crippen molar-refractivity contribution in [2.24, 2.45) is 5.92 Å². The van der Waals surface area contributed by atoms with Gasteiger partial charge in [0.25, 0.3) is 0 Å². The van der Waals surface area contributed by atoms with Crippen molar-refractivity contribution in [1.82, 2.24) is 4.98 Å². The van der Waals surface area contributed by atoms with E-state index in [9.17, 15) is 4.39 Å². The Morgan fingerprint density at radius 3 is 2.72 bits per heavy atom. The van der Waals surface area contributed by atoms with Crippen LogP contribution in [0.5, 0.6) is 0 Å². The summed E-state index contributed by atoms with van der Waals surface area (Å²) in [7, 11) is 1.77. The van der Waals surface area contributed by atoms with E-state index in [1.54, 1.807) is 13.1 Å². The van der Waals surface area contributed by atoms with Gasteiger partial charge in [-0.2, -0.15) is 0 Å². The van der Waals surface area contributed by atoms with Gasteiger partial charge in [-0.25, -0.2) is 4.39 Å². The summed E-state index contributed by atoms with van der Waals surface area (Å²) in [4.78, 5) is 4.47. The molecule has 18 heavy (non-hydrogen) atoms. The fraction of sp³-hybridized carbons (Fsp3) is 0.357. The molecule has 0 aliphatic carbocycles. The maximum atomic E-state index is 13.9. The third-order valence-corrected chi connectivity index (χ3v) is 3.11. The van der Waals surface area contributed by atoms with E-state index in [2.05, 4.69) is 24.1 Å². The Hall–Kier alpha value is -1.35. The summed E-state index contributed by atoms with van der Waals surface area (Å²) in [5.41, 5.74) is 2.18. The van der Waals surface area contributed by atoms with Crippen molar-refractivity contribution in [2.75, 3.05) is 12.4 Å². The molecule has 2 aromatic rings. The van der Waals surface area contributed by atoms with Gasteiger partial charge >= 0.3 is 0 Å². The van der Waals surface area contributed by atoms with Gasteiger partial charge in [-0.05, 0) is 30.5 Å². The number of benzene rings is 1. The van der Waals surface area contributed by atoms with Gasteiger partial charge in [0.2, 0.25) is 0 Å². The van der Waals surface area contributed by atoms with Crippen LogP contribution in [0.3, 0.4) is 0 Å². The van der Waals surface area contributed by atoms with Crippen LogP contribution in [-0.2, 0) is 6.42 Å². The Morgan fingerprint density at radius 2 is 2.11 bits per heavy atom. The first-order valence-electron chi connectivity index (χ1n) is 5.98. The Labute approximate surface area is 111 Å². The minimum Gasteiger partial charge on any atom is -0.387 e. The van der Waals surface area contributed by atoms with Crippen LogP contribution in [0.4, 0.5) is 10.1 Å². The second-order valence-corrected chi connectivity index (χ2v) is 5.17. The average Bonchev–Trinajstić information content (AvgIpc) is 2.32. The minimum absolute atomic E-state index is 0.303. The first-order valence-corrected chi connectivity index (χ1v) is 6.36. The minimum atomic E-state index is -0.303. The molecule has 1 N–H and O–H groups in total. The van der Waals surface area contributed by atoms with Gasteiger partial charge < -0.3 is 5.32 Å². The number of hydrogen-bond donors (Lipinski definition) is 1. The molecule has 0 aliphatic rings. The van der Waals surface area contributed by atoms with Crippen molar-refractivity contribution >= 4 is 28.2 Å². The third kappa shape index (κ3) is 2.41. The molecule has 0 bridgehead atoms. The molecule has 0 atom stereocenters. The lowest BCUT2D eigenvalue weighted by Gasteiger charge is -2.12. The van der Waals surface area contributed by atoms with E-state index in [1.165, 1.54) is 6.07 Å². The van der Waals surface area contributed by atoms with Crippen LogP contribution in [0.15, 0.2) is 18.2 Å². The molecule has 0 spiro atoms. The first-order chi connectivity index (χ1) is 8.52. The van der Waals surface area contributed by atoms with Crippen LogP contribution < -0.4 is 5.32 Å². The summed E-state index contributed by atoms with van der Waals surface area (Å²) in [5, 5.41) is 3.95. The van der Waals surface area contributed by atoms with E-state index >= 15 is 0 Å². The highest BCUT2D eigenvalue weighted by Crippen LogP contribution is 2.31. The van der Waals surface area contributed by atoms with E-state index in [1.807, 2.05) is 6.07 Å². The van der Waals surface area contributed by atoms with Gasteiger partial charge in [-0.3, -0.25) is 4.98 Å². The molecule has 2 nitrogen and oxygen atoms in total. The Balaban J connectivity index is 2.71. The van der Waals surface area contributed by atoms with Gasteiger partial charge in [0, 0.05) is 18.4 Å². The lowest BCUT2D eigenvalue weighted by Crippen LogP contribution is -2.01. The Bertz CT molecular complexity index is 582. The van der Waals surface area contributed by atoms with Crippen molar-refractivity contribution in [1.29, 1.82) is 0 Å². The van der Waals surface area contributed by atoms with Crippen molar-refractivity contribution in [2.45, 2.75) is 20.3 Å². The third-order valence-electron chi connectivity index (χ3n) is 2.80. The van der Waals surface area contributed by atoms with Crippen LogP contribution in [0.2, 0.25) is 5.02 Å². The fourth-order valence-corrected chi connectivity index (χ4v) is 2.24. The number of aromatic nitrogens is 1. The molecule has 4 heteroatoms. The van der Waals surface area contributed by atoms with Gasteiger partial charge in [0.05, 0.1) is 15.9 Å². The maximum Gasteiger partial charge on any atom is 0.134 e. The van der Waals surface area contributed by atoms with Crippen LogP contribution >= 0.6 is 11.6 Å². The van der Waals surface area contributed by atoms with Crippen LogP contribution in [-0.4, -0.2) is 12.0 Å². The van der Waals surface area contributed by atoms with E-state index in [0.717, 1.165) is 17.8 Å². The maximum absolute atomic E-state index is 13.9. The molecule has 1 heterocycles. The molecular formula is C14H16ClFN2. The summed E-state index contributed by atoms with van der Waals surface area (Å²) in [6.45, 7) is 4.25. The van der Waals surface area contributed by atoms with Crippen molar-refractivity contribution < 1.29 is 4.39 Å². The highest BCUT2D eigenvalue weighted by molar-refractivity contribution is 6.35. The standard InChI is InChI=1S/C14H16ClFN2/c1-8(2)6-9-7-12(17-3)13-11(16)5-4-10(15)14(13)18-9/h4-5,7-8H,6H2,1-3H3,(H,17,18). The molecule has 0 radical (unpaired) electrons. The second-order valence-electron chi connectivity index (χ2n) is 4.76. The molecule has 2 rings (SSSR count). The summed E-state index contributed by atoms with van der Waals surface area (Å²) in [6, 6.07) is 4.81. The molecule has 1 aromatic carbocycles. The molecular weight excluding hydrogens is 251 g/mol. The zero-order valence-electron chi connectivity index (χ0n) is 10.7. The Morgan fingerprint density at radius 1 is 1.39 bits per heavy atom. The van der Waals surface area contributed by atoms with Crippen molar-refractivity contribution in [3.8, 4) is 0 Å². The normalized spacial score (nSPS) is 11.2. The smallest absolute Gasteiger partial charge is 0.134 e. The number of rotatable bonds is 3. The monoisotopic (exact) mass is 266 g/mol. The van der Waals surface area contributed by atoms with E-state index in [-0.39, 0.29) is 5.82 Å². The average molecular weight is 267 g/mol. The number of nitrogens with one attached hydrogen (secondary N) is 1. The molecule has 0 aliphatic heterocycles. The number of anilines is 1.